The van der Waals surface area contributed by atoms with Crippen LogP contribution in [-0.2, 0) is 0 Å². The molecule has 0 spiro atoms. The van der Waals surface area contributed by atoms with Crippen molar-refractivity contribution >= 4 is 11.3 Å². The average molecular weight is 272 g/mol. The first-order chi connectivity index (χ1) is 9.70. The second-order valence-corrected chi connectivity index (χ2v) is 6.21. The number of hydrogen-bond donors (Lipinski definition) is 3. The van der Waals surface area contributed by atoms with Crippen molar-refractivity contribution in [2.75, 3.05) is 32.1 Å². The Morgan fingerprint density at radius 2 is 2.25 bits per heavy atom. The van der Waals surface area contributed by atoms with Gasteiger partial charge in [0.2, 0.25) is 0 Å². The molecule has 0 saturated carbocycles. The van der Waals surface area contributed by atoms with Crippen LogP contribution in [0.4, 0.5) is 5.69 Å². The summed E-state index contributed by atoms with van der Waals surface area (Å²) in [5, 5.41) is 23.6. The Morgan fingerprint density at radius 1 is 1.40 bits per heavy atom. The van der Waals surface area contributed by atoms with Gasteiger partial charge in [0, 0.05) is 36.3 Å². The van der Waals surface area contributed by atoms with Crippen molar-refractivity contribution in [3.8, 4) is 0 Å². The van der Waals surface area contributed by atoms with Gasteiger partial charge in [0.1, 0.15) is 5.76 Å². The summed E-state index contributed by atoms with van der Waals surface area (Å²) in [5.41, 5.74) is 4.78. The summed E-state index contributed by atoms with van der Waals surface area (Å²) in [5.74, 6) is 0.776. The molecule has 1 unspecified atom stereocenters. The van der Waals surface area contributed by atoms with Gasteiger partial charge in [0.05, 0.1) is 12.5 Å². The van der Waals surface area contributed by atoms with Gasteiger partial charge in [0.25, 0.3) is 0 Å². The molecular formula is C16H20N2O2. The van der Waals surface area contributed by atoms with Gasteiger partial charge < -0.3 is 15.5 Å². The van der Waals surface area contributed by atoms with Crippen molar-refractivity contribution in [3.63, 3.8) is 0 Å². The van der Waals surface area contributed by atoms with Crippen LogP contribution in [0.15, 0.2) is 24.0 Å². The molecule has 2 aliphatic heterocycles. The number of hydrogen-bond acceptors (Lipinski definition) is 4. The molecule has 106 valence electrons. The molecule has 0 bridgehead atoms. The Kier molecular flexibility index (Phi) is 2.59. The molecule has 20 heavy (non-hydrogen) atoms. The number of rotatable bonds is 1. The zero-order valence-electron chi connectivity index (χ0n) is 11.6. The van der Waals surface area contributed by atoms with Gasteiger partial charge in [-0.25, -0.2) is 0 Å². The fraction of sp³-hybridized carbons (Fsp3) is 0.500. The zero-order valence-corrected chi connectivity index (χ0v) is 11.6. The lowest BCUT2D eigenvalue weighted by Gasteiger charge is -2.43. The molecule has 4 rings (SSSR count). The Hall–Kier alpha value is -1.52. The third kappa shape index (κ3) is 1.49. The molecule has 3 aliphatic rings. The van der Waals surface area contributed by atoms with E-state index in [-0.39, 0.29) is 18.6 Å². The quantitative estimate of drug-likeness (QED) is 0.729. The van der Waals surface area contributed by atoms with E-state index < -0.39 is 0 Å². The molecule has 0 fully saturated rings. The topological polar surface area (TPSA) is 55.7 Å². The van der Waals surface area contributed by atoms with Crippen LogP contribution >= 0.6 is 0 Å². The molecule has 0 aromatic heterocycles. The largest absolute Gasteiger partial charge is 0.512 e. The van der Waals surface area contributed by atoms with Gasteiger partial charge >= 0.3 is 0 Å². The highest BCUT2D eigenvalue weighted by atomic mass is 16.3. The molecule has 4 heteroatoms. The molecular weight excluding hydrogens is 252 g/mol. The summed E-state index contributed by atoms with van der Waals surface area (Å²) in [4.78, 5) is 2.28. The van der Waals surface area contributed by atoms with Crippen LogP contribution in [0.5, 0.6) is 0 Å². The van der Waals surface area contributed by atoms with Crippen molar-refractivity contribution in [2.24, 2.45) is 5.92 Å². The molecule has 4 nitrogen and oxygen atoms in total. The summed E-state index contributed by atoms with van der Waals surface area (Å²) in [6, 6.07) is 6.55. The number of nitrogens with one attached hydrogen (secondary N) is 1. The fourth-order valence-corrected chi connectivity index (χ4v) is 4.13. The zero-order chi connectivity index (χ0) is 13.9. The van der Waals surface area contributed by atoms with Crippen molar-refractivity contribution in [2.45, 2.75) is 18.4 Å². The number of anilines is 1. The van der Waals surface area contributed by atoms with E-state index in [4.69, 9.17) is 0 Å². The van der Waals surface area contributed by atoms with Crippen molar-refractivity contribution < 1.29 is 10.2 Å². The Balaban J connectivity index is 1.94. The lowest BCUT2D eigenvalue weighted by atomic mass is 9.74. The monoisotopic (exact) mass is 272 g/mol. The minimum atomic E-state index is -0.159. The van der Waals surface area contributed by atoms with Gasteiger partial charge in [-0.2, -0.15) is 0 Å². The van der Waals surface area contributed by atoms with E-state index in [0.29, 0.717) is 11.7 Å². The number of fused-ring (bicyclic) bond motifs is 2. The van der Waals surface area contributed by atoms with Crippen LogP contribution in [0, 0.1) is 5.92 Å². The van der Waals surface area contributed by atoms with Crippen molar-refractivity contribution in [1.82, 2.24) is 4.90 Å². The summed E-state index contributed by atoms with van der Waals surface area (Å²) in [7, 11) is 2.09. The molecule has 2 heterocycles. The summed E-state index contributed by atoms with van der Waals surface area (Å²) in [6.45, 7) is 1.73. The molecule has 1 aromatic carbocycles. The third-order valence-electron chi connectivity index (χ3n) is 5.11. The lowest BCUT2D eigenvalue weighted by Crippen LogP contribution is -2.45. The van der Waals surface area contributed by atoms with E-state index >= 15 is 0 Å². The maximum Gasteiger partial charge on any atom is 0.104 e. The van der Waals surface area contributed by atoms with E-state index in [2.05, 4.69) is 35.5 Å². The highest BCUT2D eigenvalue weighted by Crippen LogP contribution is 2.49. The molecule has 3 atom stereocenters. The number of aliphatic hydroxyl groups excluding tert-OH is 2. The summed E-state index contributed by atoms with van der Waals surface area (Å²) < 4.78 is 0. The lowest BCUT2D eigenvalue weighted by molar-refractivity contribution is 0.131. The normalized spacial score (nSPS) is 31.8. The second kappa shape index (κ2) is 4.24. The predicted molar refractivity (Wildman–Crippen MR) is 78.8 cm³/mol. The van der Waals surface area contributed by atoms with Crippen LogP contribution in [0.1, 0.15) is 23.5 Å². The van der Waals surface area contributed by atoms with Crippen LogP contribution in [0.3, 0.4) is 0 Å². The smallest absolute Gasteiger partial charge is 0.104 e. The molecule has 1 aliphatic carbocycles. The SMILES string of the molecule is CN1C[C@H](CO)C(O)=C2c3cccc4c3C(CN4)C[C@H]21. The van der Waals surface area contributed by atoms with Crippen molar-refractivity contribution in [1.29, 1.82) is 0 Å². The van der Waals surface area contributed by atoms with Crippen LogP contribution < -0.4 is 5.32 Å². The van der Waals surface area contributed by atoms with Crippen LogP contribution in [-0.4, -0.2) is 47.9 Å². The number of benzene rings is 1. The summed E-state index contributed by atoms with van der Waals surface area (Å²) in [6.07, 6.45) is 1.05. The van der Waals surface area contributed by atoms with E-state index in [1.165, 1.54) is 16.8 Å². The Bertz CT molecular complexity index is 596. The first-order valence-electron chi connectivity index (χ1n) is 7.32. The first-order valence-corrected chi connectivity index (χ1v) is 7.32. The van der Waals surface area contributed by atoms with E-state index in [9.17, 15) is 10.2 Å². The van der Waals surface area contributed by atoms with Gasteiger partial charge in [-0.1, -0.05) is 12.1 Å². The van der Waals surface area contributed by atoms with Crippen molar-refractivity contribution in [3.05, 3.63) is 35.1 Å². The van der Waals surface area contributed by atoms with E-state index in [0.717, 1.165) is 25.1 Å². The number of likely N-dealkylation sites (N-methyl/N-ethyl adjacent to an activating group) is 1. The standard InChI is InChI=1S/C16H20N2O2/c1-18-7-10(8-19)16(20)15-11-3-2-4-12-14(11)9(6-17-12)5-13(15)18/h2-4,9-10,13,17,19-20H,5-8H2,1H3/t9?,10-,13-/m1/s1. The predicted octanol–water partition coefficient (Wildman–Crippen LogP) is 1.79. The minimum absolute atomic E-state index is 0.00307. The molecule has 0 saturated heterocycles. The number of nitrogens with zero attached hydrogens (tertiary/aromatic N) is 1. The minimum Gasteiger partial charge on any atom is -0.512 e. The highest BCUT2D eigenvalue weighted by Gasteiger charge is 2.42. The maximum absolute atomic E-state index is 10.6. The second-order valence-electron chi connectivity index (χ2n) is 6.21. The molecule has 0 amide bonds. The molecule has 0 radical (unpaired) electrons. The summed E-state index contributed by atoms with van der Waals surface area (Å²) >= 11 is 0. The van der Waals surface area contributed by atoms with Gasteiger partial charge in [-0.05, 0) is 30.7 Å². The molecule has 3 N–H and O–H groups in total. The van der Waals surface area contributed by atoms with Crippen LogP contribution in [0.2, 0.25) is 0 Å². The average Bonchev–Trinajstić information content (AvgIpc) is 2.87. The third-order valence-corrected chi connectivity index (χ3v) is 5.11. The van der Waals surface area contributed by atoms with E-state index in [1.807, 2.05) is 0 Å². The first kappa shape index (κ1) is 12.2. The number of aliphatic hydroxyl groups is 2. The van der Waals surface area contributed by atoms with E-state index in [1.54, 1.807) is 0 Å². The Labute approximate surface area is 118 Å². The van der Waals surface area contributed by atoms with Crippen LogP contribution in [0.25, 0.3) is 5.57 Å². The molecule has 1 aromatic rings. The van der Waals surface area contributed by atoms with Gasteiger partial charge in [0.15, 0.2) is 0 Å². The maximum atomic E-state index is 10.6. The Morgan fingerprint density at radius 3 is 3.05 bits per heavy atom. The highest BCUT2D eigenvalue weighted by molar-refractivity contribution is 5.82. The van der Waals surface area contributed by atoms with Gasteiger partial charge in [-0.15, -0.1) is 0 Å². The van der Waals surface area contributed by atoms with Gasteiger partial charge in [-0.3, -0.25) is 4.90 Å². The fourth-order valence-electron chi connectivity index (χ4n) is 4.13.